The number of carbonyl (C=O) groups excluding carboxylic acids is 2. The van der Waals surface area contributed by atoms with Crippen LogP contribution >= 0.6 is 0 Å². The Morgan fingerprint density at radius 2 is 1.90 bits per heavy atom. The molecule has 1 aromatic carbocycles. The molecular weight excluding hydrogens is 385 g/mol. The van der Waals surface area contributed by atoms with Crippen LogP contribution in [0, 0.1) is 11.7 Å². The molecule has 1 aliphatic heterocycles. The van der Waals surface area contributed by atoms with Gasteiger partial charge in [0, 0.05) is 24.6 Å². The second kappa shape index (κ2) is 7.38. The Morgan fingerprint density at radius 1 is 1.20 bits per heavy atom. The number of amides is 1. The molecule has 2 atom stereocenters. The molecule has 2 heterocycles. The number of likely N-dealkylation sites (tertiary alicyclic amines) is 1. The van der Waals surface area contributed by atoms with Gasteiger partial charge in [0.1, 0.15) is 17.2 Å². The Morgan fingerprint density at radius 3 is 2.53 bits per heavy atom. The second-order valence-corrected chi connectivity index (χ2v) is 8.96. The largest absolute Gasteiger partial charge is 0.444 e. The molecule has 6 nitrogen and oxygen atoms in total. The fourth-order valence-electron chi connectivity index (χ4n) is 4.32. The highest BCUT2D eigenvalue weighted by atomic mass is 19.1. The number of ether oxygens (including phenoxy) is 1. The SMILES string of the molecule is CC(=O)[C@@H]1c2cnn(-c3ccc(F)cc3)c2C=C2CCN(C(=O)OC(C)(C)C)CC21. The van der Waals surface area contributed by atoms with Gasteiger partial charge in [-0.15, -0.1) is 0 Å². The minimum atomic E-state index is -0.566. The lowest BCUT2D eigenvalue weighted by molar-refractivity contribution is -0.119. The zero-order chi connectivity index (χ0) is 21.6. The number of carbonyl (C=O) groups is 2. The van der Waals surface area contributed by atoms with Gasteiger partial charge in [0.2, 0.25) is 0 Å². The van der Waals surface area contributed by atoms with E-state index < -0.39 is 5.60 Å². The van der Waals surface area contributed by atoms with Crippen molar-refractivity contribution in [1.82, 2.24) is 14.7 Å². The van der Waals surface area contributed by atoms with E-state index in [9.17, 15) is 14.0 Å². The van der Waals surface area contributed by atoms with E-state index in [2.05, 4.69) is 11.2 Å². The van der Waals surface area contributed by atoms with Crippen molar-refractivity contribution in [2.24, 2.45) is 5.92 Å². The number of fused-ring (bicyclic) bond motifs is 2. The van der Waals surface area contributed by atoms with Crippen LogP contribution in [-0.4, -0.2) is 45.2 Å². The maximum absolute atomic E-state index is 13.3. The molecule has 2 aromatic rings. The third-order valence-electron chi connectivity index (χ3n) is 5.62. The molecule has 1 amide bonds. The van der Waals surface area contributed by atoms with E-state index >= 15 is 0 Å². The molecule has 0 radical (unpaired) electrons. The van der Waals surface area contributed by atoms with Gasteiger partial charge in [-0.05, 0) is 64.5 Å². The molecule has 1 aliphatic carbocycles. The van der Waals surface area contributed by atoms with Crippen LogP contribution in [0.4, 0.5) is 9.18 Å². The first-order valence-corrected chi connectivity index (χ1v) is 10.2. The number of aromatic nitrogens is 2. The summed E-state index contributed by atoms with van der Waals surface area (Å²) in [7, 11) is 0. The molecular formula is C23H26FN3O3. The van der Waals surface area contributed by atoms with Crippen LogP contribution in [0.1, 0.15) is 51.3 Å². The highest BCUT2D eigenvalue weighted by Gasteiger charge is 2.41. The average Bonchev–Trinajstić information content (AvgIpc) is 3.07. The summed E-state index contributed by atoms with van der Waals surface area (Å²) in [6, 6.07) is 6.12. The molecule has 0 spiro atoms. The van der Waals surface area contributed by atoms with Gasteiger partial charge in [0.15, 0.2) is 0 Å². The van der Waals surface area contributed by atoms with Gasteiger partial charge < -0.3 is 9.64 Å². The Kier molecular flexibility index (Phi) is 5.00. The minimum absolute atomic E-state index is 0.0385. The number of halogens is 1. The third-order valence-corrected chi connectivity index (χ3v) is 5.62. The number of hydrogen-bond acceptors (Lipinski definition) is 4. The van der Waals surface area contributed by atoms with Crippen molar-refractivity contribution in [3.8, 4) is 5.69 Å². The summed E-state index contributed by atoms with van der Waals surface area (Å²) in [5, 5.41) is 4.48. The van der Waals surface area contributed by atoms with Crippen molar-refractivity contribution in [3.05, 3.63) is 53.1 Å². The van der Waals surface area contributed by atoms with Gasteiger partial charge in [0.05, 0.1) is 23.5 Å². The number of ketones is 1. The first-order chi connectivity index (χ1) is 14.1. The van der Waals surface area contributed by atoms with Gasteiger partial charge in [-0.25, -0.2) is 13.9 Å². The van der Waals surface area contributed by atoms with Crippen LogP contribution in [0.5, 0.6) is 0 Å². The number of Topliss-reactive ketones (excluding diaryl/α,β-unsaturated/α-hetero) is 1. The van der Waals surface area contributed by atoms with E-state index in [-0.39, 0.29) is 29.5 Å². The monoisotopic (exact) mass is 411 g/mol. The van der Waals surface area contributed by atoms with Crippen LogP contribution in [0.3, 0.4) is 0 Å². The molecule has 158 valence electrons. The Hall–Kier alpha value is -2.96. The molecule has 0 N–H and O–H groups in total. The quantitative estimate of drug-likeness (QED) is 0.738. The molecule has 1 unspecified atom stereocenters. The minimum Gasteiger partial charge on any atom is -0.444 e. The zero-order valence-electron chi connectivity index (χ0n) is 17.7. The third kappa shape index (κ3) is 3.76. The fraction of sp³-hybridized carbons (Fsp3) is 0.435. The van der Waals surface area contributed by atoms with Gasteiger partial charge in [0.25, 0.3) is 0 Å². The van der Waals surface area contributed by atoms with Gasteiger partial charge in [-0.3, -0.25) is 4.79 Å². The van der Waals surface area contributed by atoms with Crippen LogP contribution in [0.25, 0.3) is 11.8 Å². The number of hydrogen-bond donors (Lipinski definition) is 0. The highest BCUT2D eigenvalue weighted by Crippen LogP contribution is 2.43. The maximum atomic E-state index is 13.3. The van der Waals surface area contributed by atoms with Crippen LogP contribution in [0.2, 0.25) is 0 Å². The van der Waals surface area contributed by atoms with Gasteiger partial charge in [-0.1, -0.05) is 5.57 Å². The molecule has 1 saturated heterocycles. The molecule has 2 aliphatic rings. The summed E-state index contributed by atoms with van der Waals surface area (Å²) in [5.74, 6) is -0.743. The topological polar surface area (TPSA) is 64.4 Å². The zero-order valence-corrected chi connectivity index (χ0v) is 17.7. The number of benzene rings is 1. The molecule has 1 aromatic heterocycles. The van der Waals surface area contributed by atoms with Crippen molar-refractivity contribution in [1.29, 1.82) is 0 Å². The van der Waals surface area contributed by atoms with Crippen molar-refractivity contribution < 1.29 is 18.7 Å². The van der Waals surface area contributed by atoms with E-state index in [1.807, 2.05) is 20.8 Å². The van der Waals surface area contributed by atoms with Crippen LogP contribution in [0.15, 0.2) is 36.0 Å². The summed E-state index contributed by atoms with van der Waals surface area (Å²) in [4.78, 5) is 26.9. The average molecular weight is 411 g/mol. The Bertz CT molecular complexity index is 1020. The molecule has 0 bridgehead atoms. The predicted molar refractivity (Wildman–Crippen MR) is 111 cm³/mol. The first-order valence-electron chi connectivity index (χ1n) is 10.2. The summed E-state index contributed by atoms with van der Waals surface area (Å²) < 4.78 is 20.6. The van der Waals surface area contributed by atoms with Crippen LogP contribution in [-0.2, 0) is 9.53 Å². The molecule has 30 heavy (non-hydrogen) atoms. The van der Waals surface area contributed by atoms with Gasteiger partial charge in [-0.2, -0.15) is 5.10 Å². The van der Waals surface area contributed by atoms with Crippen molar-refractivity contribution in [2.75, 3.05) is 13.1 Å². The van der Waals surface area contributed by atoms with E-state index in [0.29, 0.717) is 19.5 Å². The number of nitrogens with zero attached hydrogens (tertiary/aromatic N) is 3. The normalized spacial score (nSPS) is 20.8. The Labute approximate surface area is 175 Å². The second-order valence-electron chi connectivity index (χ2n) is 8.96. The fourth-order valence-corrected chi connectivity index (χ4v) is 4.32. The Balaban J connectivity index is 1.68. The lowest BCUT2D eigenvalue weighted by atomic mass is 9.72. The first kappa shape index (κ1) is 20.3. The van der Waals surface area contributed by atoms with E-state index in [1.54, 1.807) is 34.8 Å². The predicted octanol–water partition coefficient (Wildman–Crippen LogP) is 4.34. The lowest BCUT2D eigenvalue weighted by Gasteiger charge is -2.40. The van der Waals surface area contributed by atoms with E-state index in [4.69, 9.17) is 4.74 Å². The molecule has 0 saturated carbocycles. The van der Waals surface area contributed by atoms with Crippen molar-refractivity contribution >= 4 is 18.0 Å². The molecule has 7 heteroatoms. The highest BCUT2D eigenvalue weighted by molar-refractivity contribution is 5.87. The standard InChI is InChI=1S/C23H26FN3O3/c1-14(28)21-18-12-25-27(17-7-5-16(24)6-8-17)20(18)11-15-9-10-26(13-19(15)21)22(29)30-23(2,3)4/h5-8,11-12,19,21H,9-10,13H2,1-4H3/t19?,21-/m1/s1. The number of rotatable bonds is 2. The van der Waals surface area contributed by atoms with Crippen molar-refractivity contribution in [3.63, 3.8) is 0 Å². The summed E-state index contributed by atoms with van der Waals surface area (Å²) >= 11 is 0. The lowest BCUT2D eigenvalue weighted by Crippen LogP contribution is -2.46. The maximum Gasteiger partial charge on any atom is 0.410 e. The van der Waals surface area contributed by atoms with Crippen molar-refractivity contribution in [2.45, 2.75) is 45.6 Å². The summed E-state index contributed by atoms with van der Waals surface area (Å²) in [6.45, 7) is 8.09. The number of piperidine rings is 1. The summed E-state index contributed by atoms with van der Waals surface area (Å²) in [5.41, 5.74) is 2.99. The molecule has 4 rings (SSSR count). The van der Waals surface area contributed by atoms with E-state index in [1.165, 1.54) is 12.1 Å². The summed E-state index contributed by atoms with van der Waals surface area (Å²) in [6.07, 6.45) is 4.10. The molecule has 1 fully saturated rings. The van der Waals surface area contributed by atoms with Gasteiger partial charge >= 0.3 is 6.09 Å². The van der Waals surface area contributed by atoms with Crippen LogP contribution < -0.4 is 0 Å². The van der Waals surface area contributed by atoms with E-state index in [0.717, 1.165) is 22.5 Å². The smallest absolute Gasteiger partial charge is 0.410 e.